The maximum atomic E-state index is 12.5. The summed E-state index contributed by atoms with van der Waals surface area (Å²) in [6.07, 6.45) is 2.68. The Morgan fingerprint density at radius 1 is 1.00 bits per heavy atom. The molecular weight excluding hydrogens is 346 g/mol. The Bertz CT molecular complexity index is 1110. The number of hydrazone groups is 1. The molecule has 0 unspecified atom stereocenters. The molecule has 0 amide bonds. The van der Waals surface area contributed by atoms with E-state index in [1.807, 2.05) is 6.92 Å². The number of fused-ring (bicyclic) bond motifs is 3. The van der Waals surface area contributed by atoms with Crippen molar-refractivity contribution in [1.29, 1.82) is 0 Å². The Hall–Kier alpha value is -2.60. The van der Waals surface area contributed by atoms with Crippen LogP contribution in [-0.2, 0) is 16.4 Å². The molecule has 2 N–H and O–H groups in total. The third-order valence-electron chi connectivity index (χ3n) is 4.82. The first-order valence-electron chi connectivity index (χ1n) is 8.71. The van der Waals surface area contributed by atoms with Crippen LogP contribution in [0.5, 0.6) is 0 Å². The predicted molar refractivity (Wildman–Crippen MR) is 104 cm³/mol. The van der Waals surface area contributed by atoms with Gasteiger partial charge in [0.15, 0.2) is 0 Å². The molecular formula is C20H21N3O2S. The van der Waals surface area contributed by atoms with Gasteiger partial charge in [-0.05, 0) is 62.9 Å². The number of benzene rings is 2. The fourth-order valence-electron chi connectivity index (χ4n) is 3.42. The van der Waals surface area contributed by atoms with Gasteiger partial charge in [-0.2, -0.15) is 18.4 Å². The molecule has 26 heavy (non-hydrogen) atoms. The number of hydrogen-bond acceptors (Lipinski definition) is 3. The molecule has 1 heterocycles. The van der Waals surface area contributed by atoms with Crippen LogP contribution in [0.2, 0.25) is 0 Å². The Morgan fingerprint density at radius 3 is 2.50 bits per heavy atom. The predicted octanol–water partition coefficient (Wildman–Crippen LogP) is 3.80. The minimum Gasteiger partial charge on any atom is -0.353 e. The minimum atomic E-state index is -3.67. The van der Waals surface area contributed by atoms with Gasteiger partial charge in [-0.15, -0.1) is 0 Å². The van der Waals surface area contributed by atoms with Gasteiger partial charge in [0.05, 0.1) is 16.3 Å². The van der Waals surface area contributed by atoms with Crippen molar-refractivity contribution >= 4 is 26.6 Å². The molecule has 134 valence electrons. The van der Waals surface area contributed by atoms with Gasteiger partial charge in [-0.1, -0.05) is 29.3 Å². The van der Waals surface area contributed by atoms with E-state index in [1.54, 1.807) is 24.3 Å². The first-order valence-corrected chi connectivity index (χ1v) is 10.2. The minimum absolute atomic E-state index is 0.218. The summed E-state index contributed by atoms with van der Waals surface area (Å²) in [5.41, 5.74) is 6.23. The first-order chi connectivity index (χ1) is 12.4. The Balaban J connectivity index is 1.69. The first kappa shape index (κ1) is 16.8. The largest absolute Gasteiger partial charge is 0.353 e. The van der Waals surface area contributed by atoms with Crippen molar-refractivity contribution in [1.82, 2.24) is 9.82 Å². The number of aryl methyl sites for hydroxylation is 3. The molecule has 4 rings (SSSR count). The molecule has 0 aliphatic heterocycles. The standard InChI is InChI=1S/C20H21N3O2S/c1-13-6-9-15(10-7-13)26(24,25)23-22-19-5-3-4-16-17-12-14(2)8-11-18(17)21-20(16)19/h6-12,21,23H,3-5H2,1-2H3/b22-19-. The SMILES string of the molecule is Cc1ccc(S(=O)(=O)N/N=C2/CCCc3c2[nH]c2ccc(C)cc32)cc1. The van der Waals surface area contributed by atoms with Gasteiger partial charge < -0.3 is 4.98 Å². The van der Waals surface area contributed by atoms with Crippen LogP contribution < -0.4 is 4.83 Å². The van der Waals surface area contributed by atoms with Gasteiger partial charge in [-0.3, -0.25) is 0 Å². The average Bonchev–Trinajstić information content (AvgIpc) is 2.99. The number of sulfonamides is 1. The maximum Gasteiger partial charge on any atom is 0.276 e. The lowest BCUT2D eigenvalue weighted by atomic mass is 9.94. The van der Waals surface area contributed by atoms with E-state index in [2.05, 4.69) is 40.0 Å². The quantitative estimate of drug-likeness (QED) is 0.691. The van der Waals surface area contributed by atoms with Gasteiger partial charge in [0, 0.05) is 10.9 Å². The number of aromatic nitrogens is 1. The van der Waals surface area contributed by atoms with Crippen molar-refractivity contribution in [2.75, 3.05) is 0 Å². The Labute approximate surface area is 153 Å². The molecule has 6 heteroatoms. The van der Waals surface area contributed by atoms with Gasteiger partial charge in [0.1, 0.15) is 0 Å². The van der Waals surface area contributed by atoms with Crippen molar-refractivity contribution < 1.29 is 8.42 Å². The fraction of sp³-hybridized carbons (Fsp3) is 0.250. The van der Waals surface area contributed by atoms with E-state index in [0.717, 1.165) is 41.7 Å². The van der Waals surface area contributed by atoms with Crippen molar-refractivity contribution in [3.8, 4) is 0 Å². The summed E-state index contributed by atoms with van der Waals surface area (Å²) in [4.78, 5) is 6.03. The Morgan fingerprint density at radius 2 is 1.73 bits per heavy atom. The average molecular weight is 367 g/mol. The summed E-state index contributed by atoms with van der Waals surface area (Å²) < 4.78 is 25.0. The molecule has 0 fully saturated rings. The number of H-pyrrole nitrogens is 1. The zero-order valence-corrected chi connectivity index (χ0v) is 15.7. The van der Waals surface area contributed by atoms with Gasteiger partial charge in [0.2, 0.25) is 0 Å². The lowest BCUT2D eigenvalue weighted by molar-refractivity contribution is 0.584. The molecule has 5 nitrogen and oxygen atoms in total. The van der Waals surface area contributed by atoms with Gasteiger partial charge >= 0.3 is 0 Å². The monoisotopic (exact) mass is 367 g/mol. The van der Waals surface area contributed by atoms with Gasteiger partial charge in [0.25, 0.3) is 10.0 Å². The van der Waals surface area contributed by atoms with E-state index < -0.39 is 10.0 Å². The van der Waals surface area contributed by atoms with Crippen LogP contribution in [0.4, 0.5) is 0 Å². The number of nitrogens with zero attached hydrogens (tertiary/aromatic N) is 1. The zero-order chi connectivity index (χ0) is 18.3. The van der Waals surface area contributed by atoms with E-state index in [1.165, 1.54) is 16.5 Å². The van der Waals surface area contributed by atoms with E-state index in [0.29, 0.717) is 0 Å². The highest BCUT2D eigenvalue weighted by molar-refractivity contribution is 7.89. The summed E-state index contributed by atoms with van der Waals surface area (Å²) in [7, 11) is -3.67. The number of nitrogens with one attached hydrogen (secondary N) is 2. The zero-order valence-electron chi connectivity index (χ0n) is 14.8. The second kappa shape index (κ2) is 6.29. The summed E-state index contributed by atoms with van der Waals surface area (Å²) in [5, 5.41) is 5.46. The van der Waals surface area contributed by atoms with Crippen LogP contribution in [0.3, 0.4) is 0 Å². The molecule has 0 atom stereocenters. The molecule has 1 aliphatic rings. The molecule has 3 aromatic rings. The normalized spacial score (nSPS) is 16.0. The highest BCUT2D eigenvalue weighted by Gasteiger charge is 2.22. The highest BCUT2D eigenvalue weighted by Crippen LogP contribution is 2.30. The lowest BCUT2D eigenvalue weighted by Crippen LogP contribution is -2.22. The summed E-state index contributed by atoms with van der Waals surface area (Å²) in [5.74, 6) is 0. The van der Waals surface area contributed by atoms with Crippen LogP contribution in [-0.4, -0.2) is 19.1 Å². The Kier molecular flexibility index (Phi) is 4.07. The molecule has 0 saturated heterocycles. The van der Waals surface area contributed by atoms with Gasteiger partial charge in [-0.25, -0.2) is 0 Å². The van der Waals surface area contributed by atoms with E-state index in [4.69, 9.17) is 0 Å². The summed E-state index contributed by atoms with van der Waals surface area (Å²) in [6, 6.07) is 13.1. The third-order valence-corrected chi connectivity index (χ3v) is 6.05. The number of hydrogen-bond donors (Lipinski definition) is 2. The van der Waals surface area contributed by atoms with E-state index >= 15 is 0 Å². The number of aromatic amines is 1. The van der Waals surface area contributed by atoms with Crippen LogP contribution in [0.1, 0.15) is 35.2 Å². The van der Waals surface area contributed by atoms with E-state index in [-0.39, 0.29) is 4.90 Å². The smallest absolute Gasteiger partial charge is 0.276 e. The maximum absolute atomic E-state index is 12.5. The highest BCUT2D eigenvalue weighted by atomic mass is 32.2. The van der Waals surface area contributed by atoms with Crippen molar-refractivity contribution in [2.45, 2.75) is 38.0 Å². The fourth-order valence-corrected chi connectivity index (χ4v) is 4.25. The van der Waals surface area contributed by atoms with E-state index in [9.17, 15) is 8.42 Å². The molecule has 0 saturated carbocycles. The topological polar surface area (TPSA) is 74.3 Å². The molecule has 1 aliphatic carbocycles. The molecule has 0 spiro atoms. The molecule has 0 radical (unpaired) electrons. The van der Waals surface area contributed by atoms with Crippen LogP contribution in [0.15, 0.2) is 52.5 Å². The van der Waals surface area contributed by atoms with Crippen LogP contribution in [0, 0.1) is 13.8 Å². The van der Waals surface area contributed by atoms with Crippen molar-refractivity contribution in [3.05, 3.63) is 64.8 Å². The van der Waals surface area contributed by atoms with Crippen molar-refractivity contribution in [3.63, 3.8) is 0 Å². The second-order valence-corrected chi connectivity index (χ2v) is 8.51. The number of rotatable bonds is 3. The lowest BCUT2D eigenvalue weighted by Gasteiger charge is -2.14. The molecule has 1 aromatic heterocycles. The second-order valence-electron chi connectivity index (χ2n) is 6.85. The molecule has 0 bridgehead atoms. The summed E-state index contributed by atoms with van der Waals surface area (Å²) >= 11 is 0. The van der Waals surface area contributed by atoms with Crippen LogP contribution in [0.25, 0.3) is 10.9 Å². The van der Waals surface area contributed by atoms with Crippen LogP contribution >= 0.6 is 0 Å². The summed E-state index contributed by atoms with van der Waals surface area (Å²) in [6.45, 7) is 4.00. The molecule has 2 aromatic carbocycles. The third kappa shape index (κ3) is 3.01. The van der Waals surface area contributed by atoms with Crippen molar-refractivity contribution in [2.24, 2.45) is 5.10 Å².